The number of nitrogens with one attached hydrogen (secondary N) is 2. The standard InChI is InChI=1S/C25H29N3O2S.HI/c1-26-25(28-19-20-13-15-23(16-14-20)31(2,29)30)27-18-17-24(21-9-5-3-6-10-21)22-11-7-4-8-12-22;/h3-16,24H,17-19H2,1-2H3,(H2,26,27,28);1H. The van der Waals surface area contributed by atoms with Crippen LogP contribution in [-0.4, -0.2) is 34.2 Å². The number of halogens is 1. The van der Waals surface area contributed by atoms with Gasteiger partial charge < -0.3 is 10.6 Å². The number of aliphatic imine (C=N–C) groups is 1. The number of hydrogen-bond acceptors (Lipinski definition) is 3. The van der Waals surface area contributed by atoms with Gasteiger partial charge in [-0.3, -0.25) is 4.99 Å². The molecule has 3 rings (SSSR count). The van der Waals surface area contributed by atoms with Crippen molar-refractivity contribution in [2.24, 2.45) is 4.99 Å². The van der Waals surface area contributed by atoms with Crippen LogP contribution < -0.4 is 10.6 Å². The molecule has 3 aromatic rings. The highest BCUT2D eigenvalue weighted by molar-refractivity contribution is 14.0. The van der Waals surface area contributed by atoms with Crippen LogP contribution in [0.15, 0.2) is 94.8 Å². The average molecular weight is 564 g/mol. The van der Waals surface area contributed by atoms with Gasteiger partial charge in [0.1, 0.15) is 0 Å². The Hall–Kier alpha value is -2.39. The molecule has 0 amide bonds. The molecule has 0 atom stereocenters. The lowest BCUT2D eigenvalue weighted by Gasteiger charge is -2.19. The van der Waals surface area contributed by atoms with Gasteiger partial charge in [-0.2, -0.15) is 0 Å². The van der Waals surface area contributed by atoms with Gasteiger partial charge in [-0.25, -0.2) is 8.42 Å². The van der Waals surface area contributed by atoms with Gasteiger partial charge in [-0.15, -0.1) is 24.0 Å². The van der Waals surface area contributed by atoms with Gasteiger partial charge in [0.05, 0.1) is 4.90 Å². The van der Waals surface area contributed by atoms with Gasteiger partial charge in [0.25, 0.3) is 0 Å². The fourth-order valence-corrected chi connectivity index (χ4v) is 4.12. The molecule has 0 unspecified atom stereocenters. The third-order valence-corrected chi connectivity index (χ3v) is 6.29. The number of rotatable bonds is 8. The van der Waals surface area contributed by atoms with Gasteiger partial charge in [-0.1, -0.05) is 72.8 Å². The molecule has 0 heterocycles. The summed E-state index contributed by atoms with van der Waals surface area (Å²) in [5, 5.41) is 6.67. The Morgan fingerprint density at radius 3 is 1.84 bits per heavy atom. The normalized spacial score (nSPS) is 11.7. The second-order valence-corrected chi connectivity index (χ2v) is 9.45. The minimum Gasteiger partial charge on any atom is -0.356 e. The second kappa shape index (κ2) is 12.6. The lowest BCUT2D eigenvalue weighted by atomic mass is 9.88. The molecule has 0 aromatic heterocycles. The van der Waals surface area contributed by atoms with Gasteiger partial charge in [0.15, 0.2) is 15.8 Å². The Morgan fingerprint density at radius 2 is 1.38 bits per heavy atom. The molecule has 0 saturated heterocycles. The number of sulfone groups is 1. The molecule has 3 aromatic carbocycles. The largest absolute Gasteiger partial charge is 0.356 e. The van der Waals surface area contributed by atoms with E-state index in [1.54, 1.807) is 19.2 Å². The van der Waals surface area contributed by atoms with E-state index in [-0.39, 0.29) is 24.0 Å². The summed E-state index contributed by atoms with van der Waals surface area (Å²) >= 11 is 0. The number of nitrogens with zero attached hydrogens (tertiary/aromatic N) is 1. The van der Waals surface area contributed by atoms with Crippen molar-refractivity contribution in [1.29, 1.82) is 0 Å². The van der Waals surface area contributed by atoms with Crippen molar-refractivity contribution < 1.29 is 8.42 Å². The molecule has 0 bridgehead atoms. The lowest BCUT2D eigenvalue weighted by molar-refractivity contribution is 0.602. The quantitative estimate of drug-likeness (QED) is 0.239. The Bertz CT molecular complexity index is 1050. The molecule has 170 valence electrons. The maximum absolute atomic E-state index is 11.6. The molecule has 0 aliphatic carbocycles. The first-order chi connectivity index (χ1) is 15.0. The van der Waals surface area contributed by atoms with Crippen molar-refractivity contribution in [1.82, 2.24) is 10.6 Å². The van der Waals surface area contributed by atoms with E-state index < -0.39 is 9.84 Å². The van der Waals surface area contributed by atoms with Crippen molar-refractivity contribution in [2.75, 3.05) is 19.8 Å². The van der Waals surface area contributed by atoms with Crippen molar-refractivity contribution in [3.05, 3.63) is 102 Å². The molecule has 2 N–H and O–H groups in total. The third kappa shape index (κ3) is 7.63. The summed E-state index contributed by atoms with van der Waals surface area (Å²) in [6, 6.07) is 28.0. The maximum Gasteiger partial charge on any atom is 0.191 e. The van der Waals surface area contributed by atoms with E-state index in [9.17, 15) is 8.42 Å². The van der Waals surface area contributed by atoms with Crippen LogP contribution in [0.25, 0.3) is 0 Å². The summed E-state index contributed by atoms with van der Waals surface area (Å²) in [5.41, 5.74) is 3.58. The van der Waals surface area contributed by atoms with Crippen molar-refractivity contribution >= 4 is 39.8 Å². The zero-order chi connectivity index (χ0) is 22.1. The SMILES string of the molecule is CN=C(NCCC(c1ccccc1)c1ccccc1)NCc1ccc(S(C)(=O)=O)cc1.I. The van der Waals surface area contributed by atoms with Crippen LogP contribution in [0.3, 0.4) is 0 Å². The molecule has 32 heavy (non-hydrogen) atoms. The fourth-order valence-electron chi connectivity index (χ4n) is 3.49. The first-order valence-electron chi connectivity index (χ1n) is 10.3. The maximum atomic E-state index is 11.6. The van der Waals surface area contributed by atoms with E-state index in [1.165, 1.54) is 17.4 Å². The molecule has 0 aliphatic heterocycles. The summed E-state index contributed by atoms with van der Waals surface area (Å²) in [6.45, 7) is 1.33. The van der Waals surface area contributed by atoms with Gasteiger partial charge >= 0.3 is 0 Å². The predicted molar refractivity (Wildman–Crippen MR) is 143 cm³/mol. The fraction of sp³-hybridized carbons (Fsp3) is 0.240. The molecule has 7 heteroatoms. The first-order valence-corrected chi connectivity index (χ1v) is 12.2. The van der Waals surface area contributed by atoms with Crippen LogP contribution in [0.4, 0.5) is 0 Å². The molecular formula is C25H30IN3O2S. The summed E-state index contributed by atoms with van der Waals surface area (Å²) < 4.78 is 23.2. The topological polar surface area (TPSA) is 70.6 Å². The number of hydrogen-bond donors (Lipinski definition) is 2. The molecule has 0 saturated carbocycles. The lowest BCUT2D eigenvalue weighted by Crippen LogP contribution is -2.37. The molecule has 0 aliphatic rings. The Kier molecular flexibility index (Phi) is 10.2. The van der Waals surface area contributed by atoms with Crippen LogP contribution >= 0.6 is 24.0 Å². The zero-order valence-corrected chi connectivity index (χ0v) is 21.5. The third-order valence-electron chi connectivity index (χ3n) is 5.16. The van der Waals surface area contributed by atoms with Crippen LogP contribution in [0.5, 0.6) is 0 Å². The first kappa shape index (κ1) is 25.9. The second-order valence-electron chi connectivity index (χ2n) is 7.43. The van der Waals surface area contributed by atoms with E-state index >= 15 is 0 Å². The summed E-state index contributed by atoms with van der Waals surface area (Å²) in [5.74, 6) is 1.02. The Labute approximate surface area is 208 Å². The number of guanidine groups is 1. The highest BCUT2D eigenvalue weighted by atomic mass is 127. The van der Waals surface area contributed by atoms with E-state index in [0.717, 1.165) is 18.5 Å². The van der Waals surface area contributed by atoms with Crippen LogP contribution in [-0.2, 0) is 16.4 Å². The summed E-state index contributed by atoms with van der Waals surface area (Å²) in [6.07, 6.45) is 2.14. The minimum absolute atomic E-state index is 0. The average Bonchev–Trinajstić information content (AvgIpc) is 2.79. The van der Waals surface area contributed by atoms with Crippen molar-refractivity contribution in [3.63, 3.8) is 0 Å². The summed E-state index contributed by atoms with van der Waals surface area (Å²) in [7, 11) is -1.43. The van der Waals surface area contributed by atoms with E-state index in [0.29, 0.717) is 23.3 Å². The smallest absolute Gasteiger partial charge is 0.191 e. The zero-order valence-electron chi connectivity index (χ0n) is 18.4. The van der Waals surface area contributed by atoms with Crippen LogP contribution in [0.1, 0.15) is 29.0 Å². The van der Waals surface area contributed by atoms with Gasteiger partial charge in [0.2, 0.25) is 0 Å². The monoisotopic (exact) mass is 563 g/mol. The highest BCUT2D eigenvalue weighted by Crippen LogP contribution is 2.27. The van der Waals surface area contributed by atoms with Gasteiger partial charge in [-0.05, 0) is 35.2 Å². The Morgan fingerprint density at radius 1 is 0.844 bits per heavy atom. The van der Waals surface area contributed by atoms with Crippen molar-refractivity contribution in [2.45, 2.75) is 23.8 Å². The summed E-state index contributed by atoms with van der Waals surface area (Å²) in [4.78, 5) is 4.63. The van der Waals surface area contributed by atoms with E-state index in [4.69, 9.17) is 0 Å². The minimum atomic E-state index is -3.18. The predicted octanol–water partition coefficient (Wildman–Crippen LogP) is 4.60. The molecule has 0 radical (unpaired) electrons. The molecule has 0 spiro atoms. The van der Waals surface area contributed by atoms with Crippen LogP contribution in [0, 0.1) is 0 Å². The van der Waals surface area contributed by atoms with Crippen LogP contribution in [0.2, 0.25) is 0 Å². The van der Waals surface area contributed by atoms with E-state index in [2.05, 4.69) is 64.2 Å². The molecule has 5 nitrogen and oxygen atoms in total. The molecular weight excluding hydrogens is 533 g/mol. The molecule has 0 fully saturated rings. The van der Waals surface area contributed by atoms with Gasteiger partial charge in [0, 0.05) is 32.3 Å². The Balaban J connectivity index is 0.00000363. The van der Waals surface area contributed by atoms with Crippen molar-refractivity contribution in [3.8, 4) is 0 Å². The highest BCUT2D eigenvalue weighted by Gasteiger charge is 2.14. The van der Waals surface area contributed by atoms with E-state index in [1.807, 2.05) is 24.3 Å². The number of benzene rings is 3.